The Morgan fingerprint density at radius 1 is 1.32 bits per heavy atom. The Morgan fingerprint density at radius 3 is 2.47 bits per heavy atom. The van der Waals surface area contributed by atoms with E-state index in [2.05, 4.69) is 5.32 Å². The molecule has 6 nitrogen and oxygen atoms in total. The SMILES string of the molecule is NC(=O)C[C@H](NC(=O)Cc1ccccc1F)C(=O)O. The van der Waals surface area contributed by atoms with Crippen LogP contribution in [0.3, 0.4) is 0 Å². The second kappa shape index (κ2) is 6.48. The smallest absolute Gasteiger partial charge is 0.326 e. The van der Waals surface area contributed by atoms with Gasteiger partial charge in [-0.25, -0.2) is 9.18 Å². The van der Waals surface area contributed by atoms with E-state index in [0.29, 0.717) is 0 Å². The predicted molar refractivity (Wildman–Crippen MR) is 63.5 cm³/mol. The minimum Gasteiger partial charge on any atom is -0.480 e. The molecule has 2 amide bonds. The summed E-state index contributed by atoms with van der Waals surface area (Å²) in [6.07, 6.45) is -0.826. The number of aliphatic carboxylic acids is 1. The lowest BCUT2D eigenvalue weighted by atomic mass is 10.1. The van der Waals surface area contributed by atoms with Gasteiger partial charge in [-0.1, -0.05) is 18.2 Å². The van der Waals surface area contributed by atoms with Crippen molar-refractivity contribution in [2.24, 2.45) is 5.73 Å². The number of hydrogen-bond donors (Lipinski definition) is 3. The molecule has 0 radical (unpaired) electrons. The van der Waals surface area contributed by atoms with Crippen LogP contribution in [0, 0.1) is 5.82 Å². The van der Waals surface area contributed by atoms with E-state index in [1.54, 1.807) is 6.07 Å². The third kappa shape index (κ3) is 4.74. The van der Waals surface area contributed by atoms with Gasteiger partial charge in [0.1, 0.15) is 11.9 Å². The molecule has 19 heavy (non-hydrogen) atoms. The van der Waals surface area contributed by atoms with Crippen molar-refractivity contribution in [3.8, 4) is 0 Å². The quantitative estimate of drug-likeness (QED) is 0.664. The number of carbonyl (C=O) groups is 3. The van der Waals surface area contributed by atoms with E-state index in [1.807, 2.05) is 0 Å². The summed E-state index contributed by atoms with van der Waals surface area (Å²) in [6, 6.07) is 4.24. The minimum atomic E-state index is -1.41. The summed E-state index contributed by atoms with van der Waals surface area (Å²) in [5.41, 5.74) is 5.01. The fourth-order valence-electron chi connectivity index (χ4n) is 1.46. The summed E-state index contributed by atoms with van der Waals surface area (Å²) in [4.78, 5) is 33.0. The lowest BCUT2D eigenvalue weighted by Crippen LogP contribution is -2.44. The topological polar surface area (TPSA) is 109 Å². The van der Waals surface area contributed by atoms with Gasteiger partial charge in [0.05, 0.1) is 12.8 Å². The van der Waals surface area contributed by atoms with Crippen LogP contribution in [-0.4, -0.2) is 28.9 Å². The molecule has 0 fully saturated rings. The second-order valence-corrected chi connectivity index (χ2v) is 3.90. The maximum Gasteiger partial charge on any atom is 0.326 e. The molecule has 0 aromatic heterocycles. The number of primary amides is 1. The van der Waals surface area contributed by atoms with Crippen molar-refractivity contribution in [1.82, 2.24) is 5.32 Å². The molecule has 1 aromatic rings. The maximum atomic E-state index is 13.3. The number of benzene rings is 1. The summed E-state index contributed by atoms with van der Waals surface area (Å²) >= 11 is 0. The van der Waals surface area contributed by atoms with Crippen LogP contribution in [0.4, 0.5) is 4.39 Å². The molecule has 1 atom stereocenters. The molecule has 0 unspecified atom stereocenters. The van der Waals surface area contributed by atoms with Crippen molar-refractivity contribution in [3.05, 3.63) is 35.6 Å². The number of nitrogens with one attached hydrogen (secondary N) is 1. The largest absolute Gasteiger partial charge is 0.480 e. The Kier molecular flexibility index (Phi) is 4.99. The molecule has 102 valence electrons. The van der Waals surface area contributed by atoms with Crippen molar-refractivity contribution in [2.75, 3.05) is 0 Å². The number of halogens is 1. The van der Waals surface area contributed by atoms with E-state index in [0.717, 1.165) is 0 Å². The highest BCUT2D eigenvalue weighted by Crippen LogP contribution is 2.07. The Bertz CT molecular complexity index is 504. The molecule has 4 N–H and O–H groups in total. The summed E-state index contributed by atoms with van der Waals surface area (Å²) in [5, 5.41) is 10.9. The van der Waals surface area contributed by atoms with Crippen LogP contribution in [0.15, 0.2) is 24.3 Å². The van der Waals surface area contributed by atoms with E-state index in [9.17, 15) is 18.8 Å². The standard InChI is InChI=1S/C12H13FN2O4/c13-8-4-2-1-3-7(8)5-11(17)15-9(12(18)19)6-10(14)16/h1-4,9H,5-6H2,(H2,14,16)(H,15,17)(H,18,19)/t9-/m0/s1. The Labute approximate surface area is 108 Å². The monoisotopic (exact) mass is 268 g/mol. The van der Waals surface area contributed by atoms with Gasteiger partial charge in [-0.2, -0.15) is 0 Å². The molecule has 0 saturated heterocycles. The van der Waals surface area contributed by atoms with Crippen molar-refractivity contribution in [1.29, 1.82) is 0 Å². The van der Waals surface area contributed by atoms with Crippen LogP contribution in [-0.2, 0) is 20.8 Å². The molecule has 0 saturated carbocycles. The van der Waals surface area contributed by atoms with Gasteiger partial charge in [-0.05, 0) is 11.6 Å². The van der Waals surface area contributed by atoms with Crippen molar-refractivity contribution < 1.29 is 23.9 Å². The van der Waals surface area contributed by atoms with Crippen LogP contribution < -0.4 is 11.1 Å². The molecule has 0 spiro atoms. The van der Waals surface area contributed by atoms with Crippen LogP contribution in [0.5, 0.6) is 0 Å². The van der Waals surface area contributed by atoms with Gasteiger partial charge in [0, 0.05) is 0 Å². The normalized spacial score (nSPS) is 11.6. The van der Waals surface area contributed by atoms with Gasteiger partial charge in [-0.3, -0.25) is 9.59 Å². The molecular formula is C12H13FN2O4. The number of carboxylic acids is 1. The first-order chi connectivity index (χ1) is 8.90. The zero-order chi connectivity index (χ0) is 14.4. The fourth-order valence-corrected chi connectivity index (χ4v) is 1.46. The molecule has 0 bridgehead atoms. The third-order valence-electron chi connectivity index (χ3n) is 2.35. The first-order valence-electron chi connectivity index (χ1n) is 5.44. The van der Waals surface area contributed by atoms with E-state index in [1.165, 1.54) is 18.2 Å². The number of carbonyl (C=O) groups excluding carboxylic acids is 2. The summed E-state index contributed by atoms with van der Waals surface area (Å²) in [7, 11) is 0. The fraction of sp³-hybridized carbons (Fsp3) is 0.250. The summed E-state index contributed by atoms with van der Waals surface area (Å²) in [5.74, 6) is -3.47. The van der Waals surface area contributed by atoms with E-state index < -0.39 is 36.1 Å². The Balaban J connectivity index is 2.65. The highest BCUT2D eigenvalue weighted by Gasteiger charge is 2.22. The number of hydrogen-bond acceptors (Lipinski definition) is 3. The number of rotatable bonds is 6. The van der Waals surface area contributed by atoms with Gasteiger partial charge in [-0.15, -0.1) is 0 Å². The van der Waals surface area contributed by atoms with E-state index in [-0.39, 0.29) is 12.0 Å². The summed E-state index contributed by atoms with van der Waals surface area (Å²) in [6.45, 7) is 0. The highest BCUT2D eigenvalue weighted by molar-refractivity contribution is 5.88. The zero-order valence-electron chi connectivity index (χ0n) is 9.93. The van der Waals surface area contributed by atoms with Gasteiger partial charge < -0.3 is 16.2 Å². The highest BCUT2D eigenvalue weighted by atomic mass is 19.1. The molecule has 1 rings (SSSR count). The molecule has 0 aliphatic heterocycles. The van der Waals surface area contributed by atoms with Crippen molar-refractivity contribution >= 4 is 17.8 Å². The number of amides is 2. The lowest BCUT2D eigenvalue weighted by Gasteiger charge is -2.12. The maximum absolute atomic E-state index is 13.3. The zero-order valence-corrected chi connectivity index (χ0v) is 9.93. The molecular weight excluding hydrogens is 255 g/mol. The van der Waals surface area contributed by atoms with Crippen LogP contribution in [0.25, 0.3) is 0 Å². The Morgan fingerprint density at radius 2 is 1.95 bits per heavy atom. The van der Waals surface area contributed by atoms with Crippen LogP contribution in [0.1, 0.15) is 12.0 Å². The third-order valence-corrected chi connectivity index (χ3v) is 2.35. The van der Waals surface area contributed by atoms with Crippen molar-refractivity contribution in [2.45, 2.75) is 18.9 Å². The number of nitrogens with two attached hydrogens (primary N) is 1. The Hall–Kier alpha value is -2.44. The lowest BCUT2D eigenvalue weighted by molar-refractivity contribution is -0.143. The average molecular weight is 268 g/mol. The molecule has 0 heterocycles. The minimum absolute atomic E-state index is 0.142. The first kappa shape index (κ1) is 14.6. The molecule has 1 aromatic carbocycles. The predicted octanol–water partition coefficient (Wildman–Crippen LogP) is -0.187. The van der Waals surface area contributed by atoms with Crippen LogP contribution >= 0.6 is 0 Å². The van der Waals surface area contributed by atoms with Crippen LogP contribution in [0.2, 0.25) is 0 Å². The van der Waals surface area contributed by atoms with E-state index >= 15 is 0 Å². The van der Waals surface area contributed by atoms with Gasteiger partial charge in [0.15, 0.2) is 0 Å². The average Bonchev–Trinajstić information content (AvgIpc) is 2.30. The molecule has 0 aliphatic rings. The van der Waals surface area contributed by atoms with Gasteiger partial charge >= 0.3 is 5.97 Å². The molecule has 7 heteroatoms. The van der Waals surface area contributed by atoms with Gasteiger partial charge in [0.25, 0.3) is 0 Å². The van der Waals surface area contributed by atoms with Crippen molar-refractivity contribution in [3.63, 3.8) is 0 Å². The first-order valence-corrected chi connectivity index (χ1v) is 5.44. The van der Waals surface area contributed by atoms with E-state index in [4.69, 9.17) is 10.8 Å². The second-order valence-electron chi connectivity index (χ2n) is 3.90. The number of carboxylic acid groups (broad SMARTS) is 1. The molecule has 0 aliphatic carbocycles. The summed E-state index contributed by atoms with van der Waals surface area (Å²) < 4.78 is 13.3. The van der Waals surface area contributed by atoms with Gasteiger partial charge in [0.2, 0.25) is 11.8 Å².